The predicted octanol–water partition coefficient (Wildman–Crippen LogP) is 5.83. The Morgan fingerprint density at radius 3 is 2.44 bits per heavy atom. The van der Waals surface area contributed by atoms with Crippen molar-refractivity contribution in [1.82, 2.24) is 9.80 Å². The number of amides is 1. The molecule has 0 saturated carbocycles. The Morgan fingerprint density at radius 1 is 0.944 bits per heavy atom. The molecule has 2 saturated heterocycles. The molecule has 3 heterocycles. The molecular formula is C29H35F3N2O2. The van der Waals surface area contributed by atoms with Crippen LogP contribution in [0.25, 0.3) is 0 Å². The summed E-state index contributed by atoms with van der Waals surface area (Å²) in [6.07, 6.45) is 0.769. The fourth-order valence-corrected chi connectivity index (χ4v) is 6.17. The summed E-state index contributed by atoms with van der Waals surface area (Å²) >= 11 is 0. The number of nitrogens with zero attached hydrogens (tertiary/aromatic N) is 2. The number of likely N-dealkylation sites (tertiary alicyclic amines) is 1. The van der Waals surface area contributed by atoms with Gasteiger partial charge in [-0.2, -0.15) is 13.2 Å². The van der Waals surface area contributed by atoms with Gasteiger partial charge in [-0.3, -0.25) is 4.79 Å². The summed E-state index contributed by atoms with van der Waals surface area (Å²) in [5, 5.41) is 0. The van der Waals surface area contributed by atoms with Crippen LogP contribution in [-0.4, -0.2) is 55.1 Å². The fourth-order valence-electron chi connectivity index (χ4n) is 6.17. The molecule has 3 aliphatic rings. The van der Waals surface area contributed by atoms with Crippen LogP contribution >= 0.6 is 0 Å². The summed E-state index contributed by atoms with van der Waals surface area (Å²) in [6, 6.07) is 14.4. The van der Waals surface area contributed by atoms with Gasteiger partial charge in [-0.05, 0) is 80.3 Å². The van der Waals surface area contributed by atoms with Gasteiger partial charge in [0.2, 0.25) is 5.91 Å². The van der Waals surface area contributed by atoms with Gasteiger partial charge in [0.25, 0.3) is 0 Å². The third-order valence-corrected chi connectivity index (χ3v) is 8.26. The summed E-state index contributed by atoms with van der Waals surface area (Å²) in [4.78, 5) is 18.0. The van der Waals surface area contributed by atoms with E-state index in [-0.39, 0.29) is 23.8 Å². The smallest absolute Gasteiger partial charge is 0.381 e. The number of fused-ring (bicyclic) bond motifs is 1. The lowest BCUT2D eigenvalue weighted by molar-refractivity contribution is -0.142. The fraction of sp³-hybridized carbons (Fsp3) is 0.552. The number of hydrogen-bond donors (Lipinski definition) is 0. The SMILES string of the molecule is O=C(C1CCOCC1)N1CCc2ccccc2C1CCN1CCC(c2cccc(C(F)(F)F)c2)CC1. The molecule has 194 valence electrons. The number of carbonyl (C=O) groups excluding carboxylic acids is 1. The molecule has 0 spiro atoms. The van der Waals surface area contributed by atoms with E-state index in [4.69, 9.17) is 4.74 Å². The van der Waals surface area contributed by atoms with E-state index in [2.05, 4.69) is 34.1 Å². The highest BCUT2D eigenvalue weighted by atomic mass is 19.4. The van der Waals surface area contributed by atoms with Crippen molar-refractivity contribution >= 4 is 5.91 Å². The van der Waals surface area contributed by atoms with Gasteiger partial charge in [-0.25, -0.2) is 0 Å². The highest BCUT2D eigenvalue weighted by Gasteiger charge is 2.35. The van der Waals surface area contributed by atoms with Gasteiger partial charge < -0.3 is 14.5 Å². The van der Waals surface area contributed by atoms with Crippen LogP contribution in [0.4, 0.5) is 13.2 Å². The molecule has 0 bridgehead atoms. The lowest BCUT2D eigenvalue weighted by atomic mass is 9.87. The average molecular weight is 501 g/mol. The number of hydrogen-bond acceptors (Lipinski definition) is 3. The first-order valence-corrected chi connectivity index (χ1v) is 13.3. The first-order valence-electron chi connectivity index (χ1n) is 13.3. The normalized spacial score (nSPS) is 22.4. The molecule has 7 heteroatoms. The van der Waals surface area contributed by atoms with Crippen LogP contribution in [-0.2, 0) is 22.1 Å². The maximum atomic E-state index is 13.5. The molecule has 0 N–H and O–H groups in total. The van der Waals surface area contributed by atoms with Crippen molar-refractivity contribution < 1.29 is 22.7 Å². The van der Waals surface area contributed by atoms with Gasteiger partial charge in [0.15, 0.2) is 0 Å². The van der Waals surface area contributed by atoms with Gasteiger partial charge in [0.05, 0.1) is 11.6 Å². The van der Waals surface area contributed by atoms with Crippen molar-refractivity contribution in [3.63, 3.8) is 0 Å². The third kappa shape index (κ3) is 5.62. The van der Waals surface area contributed by atoms with Crippen LogP contribution < -0.4 is 0 Å². The summed E-state index contributed by atoms with van der Waals surface area (Å²) in [6.45, 7) is 4.69. The van der Waals surface area contributed by atoms with Crippen molar-refractivity contribution in [2.45, 2.75) is 56.7 Å². The second-order valence-corrected chi connectivity index (χ2v) is 10.4. The molecule has 0 aromatic heterocycles. The first-order chi connectivity index (χ1) is 17.4. The van der Waals surface area contributed by atoms with Gasteiger partial charge in [0.1, 0.15) is 0 Å². The van der Waals surface area contributed by atoms with Crippen LogP contribution in [0, 0.1) is 5.92 Å². The number of rotatable bonds is 5. The number of carbonyl (C=O) groups is 1. The molecule has 36 heavy (non-hydrogen) atoms. The molecular weight excluding hydrogens is 465 g/mol. The zero-order valence-electron chi connectivity index (χ0n) is 20.7. The van der Waals surface area contributed by atoms with Gasteiger partial charge in [0, 0.05) is 32.2 Å². The summed E-state index contributed by atoms with van der Waals surface area (Å²) < 4.78 is 44.9. The van der Waals surface area contributed by atoms with Crippen LogP contribution in [0.2, 0.25) is 0 Å². The average Bonchev–Trinajstić information content (AvgIpc) is 2.91. The lowest BCUT2D eigenvalue weighted by Crippen LogP contribution is -2.45. The standard InChI is InChI=1S/C29H35F3N2O2/c30-29(31,32)25-6-3-5-24(20-25)21-8-14-33(15-9-21)16-11-27-26-7-2-1-4-22(26)10-17-34(27)28(35)23-12-18-36-19-13-23/h1-7,20-21,23,27H,8-19H2. The molecule has 2 aromatic rings. The van der Waals surface area contributed by atoms with Crippen molar-refractivity contribution in [2.24, 2.45) is 5.92 Å². The van der Waals surface area contributed by atoms with Crippen molar-refractivity contribution in [2.75, 3.05) is 39.4 Å². The lowest BCUT2D eigenvalue weighted by Gasteiger charge is -2.41. The molecule has 1 atom stereocenters. The van der Waals surface area contributed by atoms with E-state index in [9.17, 15) is 18.0 Å². The zero-order chi connectivity index (χ0) is 25.1. The molecule has 3 aliphatic heterocycles. The summed E-state index contributed by atoms with van der Waals surface area (Å²) in [7, 11) is 0. The number of ether oxygens (including phenoxy) is 1. The third-order valence-electron chi connectivity index (χ3n) is 8.26. The Bertz CT molecular complexity index is 1040. The molecule has 1 unspecified atom stereocenters. The number of alkyl halides is 3. The van der Waals surface area contributed by atoms with Gasteiger partial charge in [-0.1, -0.05) is 42.5 Å². The maximum Gasteiger partial charge on any atom is 0.416 e. The van der Waals surface area contributed by atoms with E-state index in [1.54, 1.807) is 0 Å². The van der Waals surface area contributed by atoms with E-state index >= 15 is 0 Å². The minimum Gasteiger partial charge on any atom is -0.381 e. The Kier molecular flexibility index (Phi) is 7.68. The highest BCUT2D eigenvalue weighted by molar-refractivity contribution is 5.80. The van der Waals surface area contributed by atoms with E-state index in [0.717, 1.165) is 76.3 Å². The molecule has 4 nitrogen and oxygen atoms in total. The molecule has 2 fully saturated rings. The van der Waals surface area contributed by atoms with E-state index < -0.39 is 11.7 Å². The highest BCUT2D eigenvalue weighted by Crippen LogP contribution is 2.37. The van der Waals surface area contributed by atoms with Crippen LogP contribution in [0.1, 0.15) is 66.3 Å². The second-order valence-electron chi connectivity index (χ2n) is 10.4. The number of benzene rings is 2. The maximum absolute atomic E-state index is 13.5. The molecule has 5 rings (SSSR count). The predicted molar refractivity (Wildman–Crippen MR) is 133 cm³/mol. The minimum absolute atomic E-state index is 0.0507. The molecule has 0 radical (unpaired) electrons. The Hall–Kier alpha value is -2.38. The van der Waals surface area contributed by atoms with Gasteiger partial charge in [-0.15, -0.1) is 0 Å². The van der Waals surface area contributed by atoms with Crippen LogP contribution in [0.3, 0.4) is 0 Å². The first kappa shape index (κ1) is 25.3. The number of piperidine rings is 1. The van der Waals surface area contributed by atoms with E-state index in [1.165, 1.54) is 23.3 Å². The van der Waals surface area contributed by atoms with Crippen molar-refractivity contribution in [1.29, 1.82) is 0 Å². The Morgan fingerprint density at radius 2 is 1.69 bits per heavy atom. The van der Waals surface area contributed by atoms with E-state index in [1.807, 2.05) is 6.07 Å². The number of halogens is 3. The van der Waals surface area contributed by atoms with Crippen LogP contribution in [0.15, 0.2) is 48.5 Å². The van der Waals surface area contributed by atoms with Gasteiger partial charge >= 0.3 is 6.18 Å². The molecule has 0 aliphatic carbocycles. The Balaban J connectivity index is 1.22. The zero-order valence-corrected chi connectivity index (χ0v) is 20.7. The summed E-state index contributed by atoms with van der Waals surface area (Å²) in [5.74, 6) is 0.473. The quantitative estimate of drug-likeness (QED) is 0.518. The largest absolute Gasteiger partial charge is 0.416 e. The monoisotopic (exact) mass is 500 g/mol. The summed E-state index contributed by atoms with van der Waals surface area (Å²) in [5.41, 5.74) is 2.83. The topological polar surface area (TPSA) is 32.8 Å². The minimum atomic E-state index is -4.30. The Labute approximate surface area is 211 Å². The van der Waals surface area contributed by atoms with Crippen LogP contribution in [0.5, 0.6) is 0 Å². The van der Waals surface area contributed by atoms with Crippen molar-refractivity contribution in [3.8, 4) is 0 Å². The molecule has 1 amide bonds. The second kappa shape index (κ2) is 10.9. The van der Waals surface area contributed by atoms with Crippen molar-refractivity contribution in [3.05, 3.63) is 70.8 Å². The molecule has 2 aromatic carbocycles. The van der Waals surface area contributed by atoms with E-state index in [0.29, 0.717) is 13.2 Å².